The van der Waals surface area contributed by atoms with Crippen LogP contribution in [0.2, 0.25) is 0 Å². The van der Waals surface area contributed by atoms with Gasteiger partial charge in [0.25, 0.3) is 0 Å². The van der Waals surface area contributed by atoms with E-state index in [1.165, 1.54) is 276 Å². The minimum Gasteiger partial charge on any atom is -0.462 e. The van der Waals surface area contributed by atoms with E-state index in [-0.39, 0.29) is 25.7 Å². The van der Waals surface area contributed by atoms with Crippen molar-refractivity contribution >= 4 is 39.5 Å². The summed E-state index contributed by atoms with van der Waals surface area (Å²) >= 11 is 0. The van der Waals surface area contributed by atoms with Gasteiger partial charge in [0.2, 0.25) is 0 Å². The molecule has 0 aliphatic carbocycles. The van der Waals surface area contributed by atoms with Gasteiger partial charge in [0.15, 0.2) is 12.2 Å². The van der Waals surface area contributed by atoms with E-state index in [1.54, 1.807) is 0 Å². The Hall–Kier alpha value is -2.46. The molecule has 0 aromatic heterocycles. The first kappa shape index (κ1) is 107. The van der Waals surface area contributed by atoms with Gasteiger partial charge in [0.05, 0.1) is 26.4 Å². The van der Waals surface area contributed by atoms with Crippen molar-refractivity contribution < 1.29 is 80.2 Å². The highest BCUT2D eigenvalue weighted by Gasteiger charge is 2.30. The summed E-state index contributed by atoms with van der Waals surface area (Å²) in [5.41, 5.74) is 0. The highest BCUT2D eigenvalue weighted by molar-refractivity contribution is 7.47. The van der Waals surface area contributed by atoms with Crippen LogP contribution in [0.1, 0.15) is 465 Å². The lowest BCUT2D eigenvalue weighted by molar-refractivity contribution is -0.161. The van der Waals surface area contributed by atoms with Gasteiger partial charge >= 0.3 is 39.5 Å². The Bertz CT molecular complexity index is 2160. The van der Waals surface area contributed by atoms with Gasteiger partial charge in [-0.2, -0.15) is 0 Å². The molecule has 0 amide bonds. The Morgan fingerprint density at radius 1 is 0.284 bits per heavy atom. The molecule has 0 saturated heterocycles. The van der Waals surface area contributed by atoms with Crippen molar-refractivity contribution in [2.45, 2.75) is 483 Å². The zero-order valence-electron chi connectivity index (χ0n) is 71.2. The van der Waals surface area contributed by atoms with Crippen LogP contribution in [0.15, 0.2) is 24.3 Å². The second-order valence-corrected chi connectivity index (χ2v) is 35.0. The van der Waals surface area contributed by atoms with E-state index < -0.39 is 97.5 Å². The number of carbonyl (C=O) groups is 4. The number of unbranched alkanes of at least 4 members (excludes halogenated alkanes) is 57. The molecule has 0 radical (unpaired) electrons. The van der Waals surface area contributed by atoms with Crippen LogP contribution >= 0.6 is 15.6 Å². The van der Waals surface area contributed by atoms with Crippen molar-refractivity contribution in [3.8, 4) is 0 Å². The zero-order valence-corrected chi connectivity index (χ0v) is 73.0. The van der Waals surface area contributed by atoms with Crippen LogP contribution in [0.25, 0.3) is 0 Å². The van der Waals surface area contributed by atoms with E-state index in [2.05, 4.69) is 58.9 Å². The molecule has 644 valence electrons. The number of phosphoric acid groups is 2. The quantitative estimate of drug-likeness (QED) is 0.0169. The molecule has 0 aliphatic heterocycles. The largest absolute Gasteiger partial charge is 0.472 e. The van der Waals surface area contributed by atoms with Crippen LogP contribution < -0.4 is 0 Å². The monoisotopic (exact) mass is 1590 g/mol. The van der Waals surface area contributed by atoms with Crippen molar-refractivity contribution in [1.29, 1.82) is 0 Å². The molecular formula is C90H172O17P2. The van der Waals surface area contributed by atoms with E-state index in [1.807, 2.05) is 0 Å². The van der Waals surface area contributed by atoms with E-state index in [0.29, 0.717) is 25.7 Å². The van der Waals surface area contributed by atoms with E-state index in [4.69, 9.17) is 37.0 Å². The first-order chi connectivity index (χ1) is 53.0. The Balaban J connectivity index is 5.24. The third-order valence-corrected chi connectivity index (χ3v) is 22.6. The van der Waals surface area contributed by atoms with Gasteiger partial charge in [0.1, 0.15) is 19.3 Å². The maximum atomic E-state index is 13.2. The summed E-state index contributed by atoms with van der Waals surface area (Å²) < 4.78 is 68.9. The summed E-state index contributed by atoms with van der Waals surface area (Å²) in [4.78, 5) is 73.3. The fraction of sp³-hybridized carbons (Fsp3) is 0.911. The van der Waals surface area contributed by atoms with Crippen molar-refractivity contribution in [1.82, 2.24) is 0 Å². The Labute approximate surface area is 669 Å². The van der Waals surface area contributed by atoms with E-state index in [9.17, 15) is 43.2 Å². The summed E-state index contributed by atoms with van der Waals surface area (Å²) in [6.45, 7) is 7.35. The fourth-order valence-corrected chi connectivity index (χ4v) is 15.2. The summed E-state index contributed by atoms with van der Waals surface area (Å²) in [6, 6.07) is 0. The lowest BCUT2D eigenvalue weighted by Crippen LogP contribution is -2.30. The third-order valence-electron chi connectivity index (χ3n) is 20.7. The Morgan fingerprint density at radius 3 is 0.752 bits per heavy atom. The lowest BCUT2D eigenvalue weighted by atomic mass is 10.0. The minimum absolute atomic E-state index is 0.0858. The topological polar surface area (TPSA) is 237 Å². The predicted octanol–water partition coefficient (Wildman–Crippen LogP) is 27.5. The summed E-state index contributed by atoms with van der Waals surface area (Å²) in [6.07, 6.45) is 80.1. The number of phosphoric ester groups is 2. The second-order valence-electron chi connectivity index (χ2n) is 32.1. The van der Waals surface area contributed by atoms with Crippen LogP contribution in [0.4, 0.5) is 0 Å². The van der Waals surface area contributed by atoms with E-state index in [0.717, 1.165) is 109 Å². The van der Waals surface area contributed by atoms with Crippen LogP contribution in [-0.2, 0) is 65.4 Å². The van der Waals surface area contributed by atoms with Crippen molar-refractivity contribution in [2.75, 3.05) is 39.6 Å². The number of hydrogen-bond acceptors (Lipinski definition) is 15. The number of hydrogen-bond donors (Lipinski definition) is 3. The van der Waals surface area contributed by atoms with Gasteiger partial charge in [-0.15, -0.1) is 0 Å². The van der Waals surface area contributed by atoms with Gasteiger partial charge in [-0.05, 0) is 57.3 Å². The molecule has 0 spiro atoms. The molecular weight excluding hydrogens is 1410 g/mol. The number of aliphatic hydroxyl groups is 1. The SMILES string of the molecule is CCCCCC/C=C\C=C/CCCCCCCC(=O)O[C@H](COC(=O)CCCCCCCCCCCCC)COP(=O)(O)OC[C@H](O)COP(=O)(O)OC[C@@H](COC(=O)CCCCCCCCCCCCCCCCCCCCC(C)C)OC(=O)CCCCCCCCCCCCCCCCCCCCCCCC. The van der Waals surface area contributed by atoms with Crippen LogP contribution in [0.3, 0.4) is 0 Å². The maximum Gasteiger partial charge on any atom is 0.472 e. The van der Waals surface area contributed by atoms with Gasteiger partial charge in [-0.3, -0.25) is 37.3 Å². The maximum absolute atomic E-state index is 13.2. The fourth-order valence-electron chi connectivity index (χ4n) is 13.6. The number of ether oxygens (including phenoxy) is 4. The summed E-state index contributed by atoms with van der Waals surface area (Å²) in [5, 5.41) is 10.7. The standard InChI is InChI=1S/C90H172O17P2/c1-6-9-12-15-18-21-24-26-28-29-30-31-32-33-38-42-46-51-56-61-66-71-76-90(95)107-86(80-101-88(93)74-69-64-59-54-49-44-41-37-35-34-36-40-43-48-52-57-62-67-72-83(4)5)82-105-109(98,99)103-78-84(91)77-102-108(96,97)104-81-85(79-100-87(92)73-68-63-58-53-47-23-20-17-14-11-8-3)106-89(94)75-70-65-60-55-50-45-39-27-25-22-19-16-13-10-7-2/h22,25,27,39,83-86,91H,6-21,23-24,26,28-38,40-82H2,1-5H3,(H,96,97)(H,98,99)/b25-22-,39-27-/t84-,85+,86+/m0/s1. The Kier molecular flexibility index (Phi) is 80.2. The molecule has 5 atom stereocenters. The average molecular weight is 1590 g/mol. The van der Waals surface area contributed by atoms with Crippen molar-refractivity contribution in [2.24, 2.45) is 5.92 Å². The highest BCUT2D eigenvalue weighted by atomic mass is 31.2. The molecule has 17 nitrogen and oxygen atoms in total. The zero-order chi connectivity index (χ0) is 79.7. The van der Waals surface area contributed by atoms with Crippen LogP contribution in [0, 0.1) is 5.92 Å². The van der Waals surface area contributed by atoms with Gasteiger partial charge in [-0.1, -0.05) is 412 Å². The average Bonchev–Trinajstić information content (AvgIpc) is 0.900. The van der Waals surface area contributed by atoms with Gasteiger partial charge < -0.3 is 33.8 Å². The molecule has 0 aliphatic rings. The number of esters is 4. The van der Waals surface area contributed by atoms with Crippen LogP contribution in [-0.4, -0.2) is 96.7 Å². The molecule has 0 rings (SSSR count). The molecule has 3 N–H and O–H groups in total. The molecule has 0 aromatic rings. The third kappa shape index (κ3) is 83.3. The summed E-state index contributed by atoms with van der Waals surface area (Å²) in [7, 11) is -9.94. The normalized spacial score (nSPS) is 13.8. The first-order valence-corrected chi connectivity index (χ1v) is 48.9. The second kappa shape index (κ2) is 82.1. The first-order valence-electron chi connectivity index (χ1n) is 46.0. The number of carbonyl (C=O) groups excluding carboxylic acids is 4. The van der Waals surface area contributed by atoms with Gasteiger partial charge in [-0.25, -0.2) is 9.13 Å². The molecule has 19 heteroatoms. The predicted molar refractivity (Wildman–Crippen MR) is 451 cm³/mol. The highest BCUT2D eigenvalue weighted by Crippen LogP contribution is 2.45. The van der Waals surface area contributed by atoms with Gasteiger partial charge in [0, 0.05) is 25.7 Å². The molecule has 0 aromatic carbocycles. The summed E-state index contributed by atoms with van der Waals surface area (Å²) in [5.74, 6) is -1.30. The molecule has 0 heterocycles. The molecule has 0 bridgehead atoms. The minimum atomic E-state index is -4.97. The van der Waals surface area contributed by atoms with Crippen molar-refractivity contribution in [3.63, 3.8) is 0 Å². The number of allylic oxidation sites excluding steroid dienone is 4. The molecule has 109 heavy (non-hydrogen) atoms. The number of rotatable bonds is 88. The smallest absolute Gasteiger partial charge is 0.462 e. The van der Waals surface area contributed by atoms with E-state index >= 15 is 0 Å². The van der Waals surface area contributed by atoms with Crippen molar-refractivity contribution in [3.05, 3.63) is 24.3 Å². The molecule has 0 saturated carbocycles. The molecule has 0 fully saturated rings. The lowest BCUT2D eigenvalue weighted by Gasteiger charge is -2.21. The number of aliphatic hydroxyl groups excluding tert-OH is 1. The van der Waals surface area contributed by atoms with Crippen LogP contribution in [0.5, 0.6) is 0 Å². The molecule has 2 unspecified atom stereocenters. The Morgan fingerprint density at radius 2 is 0.495 bits per heavy atom.